The molecule has 0 aliphatic heterocycles. The molecule has 0 amide bonds. The molecule has 0 spiro atoms. The van der Waals surface area contributed by atoms with Crippen LogP contribution in [0.15, 0.2) is 47.8 Å². The van der Waals surface area contributed by atoms with Crippen molar-refractivity contribution in [2.24, 2.45) is 0 Å². The van der Waals surface area contributed by atoms with Crippen molar-refractivity contribution in [3.8, 4) is 5.69 Å². The molecule has 0 aliphatic carbocycles. The normalized spacial score (nSPS) is 11.4. The monoisotopic (exact) mass is 279 g/mol. The minimum atomic E-state index is 0.528. The van der Waals surface area contributed by atoms with Crippen molar-refractivity contribution in [2.75, 3.05) is 5.73 Å². The molecule has 2 N–H and O–H groups in total. The molecular weight excluding hydrogens is 266 g/mol. The highest BCUT2D eigenvalue weighted by atomic mass is 32.1. The first-order valence-corrected chi connectivity index (χ1v) is 7.32. The number of imidazole rings is 1. The van der Waals surface area contributed by atoms with Crippen LogP contribution >= 0.6 is 11.3 Å². The van der Waals surface area contributed by atoms with E-state index in [1.807, 2.05) is 10.6 Å². The lowest BCUT2D eigenvalue weighted by Gasteiger charge is -2.07. The maximum absolute atomic E-state index is 6.11. The number of nitrogen functional groups attached to an aromatic ring is 1. The highest BCUT2D eigenvalue weighted by Gasteiger charge is 2.10. The first-order valence-electron chi connectivity index (χ1n) is 6.44. The Bertz CT molecular complexity index is 933. The van der Waals surface area contributed by atoms with Crippen LogP contribution in [0.2, 0.25) is 0 Å². The fraction of sp³-hybridized carbons (Fsp3) is 0.0625. The lowest BCUT2D eigenvalue weighted by molar-refractivity contribution is 1.11. The van der Waals surface area contributed by atoms with Crippen molar-refractivity contribution < 1.29 is 0 Å². The third-order valence-corrected chi connectivity index (χ3v) is 4.43. The molecule has 0 aliphatic rings. The number of nitrogens with zero attached hydrogens (tertiary/aromatic N) is 2. The molecule has 0 fully saturated rings. The van der Waals surface area contributed by atoms with E-state index in [2.05, 4.69) is 53.7 Å². The average molecular weight is 279 g/mol. The highest BCUT2D eigenvalue weighted by Crippen LogP contribution is 2.28. The van der Waals surface area contributed by atoms with E-state index in [4.69, 9.17) is 5.73 Å². The molecule has 0 saturated carbocycles. The lowest BCUT2D eigenvalue weighted by Crippen LogP contribution is -2.00. The van der Waals surface area contributed by atoms with Crippen molar-refractivity contribution in [1.29, 1.82) is 0 Å². The van der Waals surface area contributed by atoms with Crippen LogP contribution in [0.1, 0.15) is 5.56 Å². The van der Waals surface area contributed by atoms with Crippen molar-refractivity contribution in [3.63, 3.8) is 0 Å². The minimum Gasteiger partial charge on any atom is -0.369 e. The number of nitrogens with two attached hydrogens (primary N) is 1. The van der Waals surface area contributed by atoms with Crippen LogP contribution in [-0.2, 0) is 0 Å². The summed E-state index contributed by atoms with van der Waals surface area (Å²) in [5.74, 6) is 0.528. The number of rotatable bonds is 1. The zero-order valence-electron chi connectivity index (χ0n) is 11.0. The maximum atomic E-state index is 6.11. The summed E-state index contributed by atoms with van der Waals surface area (Å²) in [6.07, 6.45) is 0. The Labute approximate surface area is 120 Å². The summed E-state index contributed by atoms with van der Waals surface area (Å²) < 4.78 is 3.30. The predicted octanol–water partition coefficient (Wildman–Crippen LogP) is 4.13. The molecule has 4 rings (SSSR count). The summed E-state index contributed by atoms with van der Waals surface area (Å²) in [6.45, 7) is 2.08. The quantitative estimate of drug-likeness (QED) is 0.569. The van der Waals surface area contributed by atoms with Gasteiger partial charge in [0.15, 0.2) is 0 Å². The van der Waals surface area contributed by atoms with Crippen LogP contribution in [0.25, 0.3) is 26.8 Å². The molecule has 98 valence electrons. The van der Waals surface area contributed by atoms with Gasteiger partial charge in [-0.25, -0.2) is 4.98 Å². The zero-order chi connectivity index (χ0) is 13.7. The average Bonchev–Trinajstić information content (AvgIpc) is 3.00. The number of aromatic nitrogens is 2. The number of anilines is 1. The van der Waals surface area contributed by atoms with Gasteiger partial charge in [0.2, 0.25) is 5.95 Å². The Morgan fingerprint density at radius 3 is 2.90 bits per heavy atom. The lowest BCUT2D eigenvalue weighted by atomic mass is 10.2. The first kappa shape index (κ1) is 11.5. The summed E-state index contributed by atoms with van der Waals surface area (Å²) in [5, 5.41) is 3.34. The minimum absolute atomic E-state index is 0.528. The second-order valence-corrected chi connectivity index (χ2v) is 5.89. The van der Waals surface area contributed by atoms with E-state index in [0.717, 1.165) is 16.7 Å². The molecular formula is C16H13N3S. The summed E-state index contributed by atoms with van der Waals surface area (Å²) >= 11 is 1.75. The van der Waals surface area contributed by atoms with Crippen LogP contribution in [0.5, 0.6) is 0 Å². The van der Waals surface area contributed by atoms with Gasteiger partial charge in [0.25, 0.3) is 0 Å². The van der Waals surface area contributed by atoms with Gasteiger partial charge in [-0.15, -0.1) is 11.3 Å². The van der Waals surface area contributed by atoms with E-state index >= 15 is 0 Å². The van der Waals surface area contributed by atoms with E-state index < -0.39 is 0 Å². The van der Waals surface area contributed by atoms with Crippen LogP contribution in [0, 0.1) is 6.92 Å². The third-order valence-electron chi connectivity index (χ3n) is 3.53. The number of hydrogen-bond acceptors (Lipinski definition) is 3. The van der Waals surface area contributed by atoms with E-state index in [1.54, 1.807) is 11.3 Å². The number of thiophene rings is 1. The van der Waals surface area contributed by atoms with Gasteiger partial charge in [-0.1, -0.05) is 6.07 Å². The Kier molecular flexibility index (Phi) is 2.35. The fourth-order valence-corrected chi connectivity index (χ4v) is 3.34. The molecule has 0 radical (unpaired) electrons. The molecule has 2 aromatic carbocycles. The molecule has 2 heterocycles. The van der Waals surface area contributed by atoms with Gasteiger partial charge in [-0.3, -0.25) is 4.57 Å². The molecule has 0 bridgehead atoms. The summed E-state index contributed by atoms with van der Waals surface area (Å²) in [4.78, 5) is 4.44. The Morgan fingerprint density at radius 1 is 1.10 bits per heavy atom. The zero-order valence-corrected chi connectivity index (χ0v) is 11.8. The van der Waals surface area contributed by atoms with Crippen LogP contribution in [-0.4, -0.2) is 9.55 Å². The second-order valence-electron chi connectivity index (χ2n) is 4.94. The largest absolute Gasteiger partial charge is 0.369 e. The van der Waals surface area contributed by atoms with Gasteiger partial charge in [0, 0.05) is 10.4 Å². The summed E-state index contributed by atoms with van der Waals surface area (Å²) in [6, 6.07) is 14.7. The molecule has 3 nitrogen and oxygen atoms in total. The Morgan fingerprint density at radius 2 is 2.00 bits per heavy atom. The first-order chi connectivity index (χ1) is 9.72. The van der Waals surface area contributed by atoms with Crippen LogP contribution in [0.3, 0.4) is 0 Å². The summed E-state index contributed by atoms with van der Waals surface area (Å²) in [5.41, 5.74) is 10.4. The topological polar surface area (TPSA) is 43.8 Å². The fourth-order valence-electron chi connectivity index (χ4n) is 2.57. The standard InChI is InChI=1S/C16H13N3S/c1-10-2-4-13-14(8-10)19(16(17)18-13)12-3-5-15-11(9-12)6-7-20-15/h2-9H,1H3,(H2,17,18). The number of benzene rings is 2. The smallest absolute Gasteiger partial charge is 0.205 e. The molecule has 4 aromatic rings. The summed E-state index contributed by atoms with van der Waals surface area (Å²) in [7, 11) is 0. The predicted molar refractivity (Wildman–Crippen MR) is 85.6 cm³/mol. The van der Waals surface area contributed by atoms with Gasteiger partial charge in [0.1, 0.15) is 0 Å². The Balaban J connectivity index is 2.05. The van der Waals surface area contributed by atoms with Crippen LogP contribution < -0.4 is 5.73 Å². The van der Waals surface area contributed by atoms with Crippen molar-refractivity contribution in [3.05, 3.63) is 53.4 Å². The van der Waals surface area contributed by atoms with Gasteiger partial charge >= 0.3 is 0 Å². The van der Waals surface area contributed by atoms with Crippen LogP contribution in [0.4, 0.5) is 5.95 Å². The van der Waals surface area contributed by atoms with E-state index in [0.29, 0.717) is 5.95 Å². The highest BCUT2D eigenvalue weighted by molar-refractivity contribution is 7.17. The van der Waals surface area contributed by atoms with Crippen molar-refractivity contribution in [2.45, 2.75) is 6.92 Å². The van der Waals surface area contributed by atoms with Crippen molar-refractivity contribution in [1.82, 2.24) is 9.55 Å². The number of hydrogen-bond donors (Lipinski definition) is 1. The van der Waals surface area contributed by atoms with Gasteiger partial charge in [0.05, 0.1) is 11.0 Å². The molecule has 0 saturated heterocycles. The number of aryl methyl sites for hydroxylation is 1. The molecule has 0 atom stereocenters. The van der Waals surface area contributed by atoms with E-state index in [1.165, 1.54) is 15.6 Å². The maximum Gasteiger partial charge on any atom is 0.205 e. The molecule has 0 unspecified atom stereocenters. The second kappa shape index (κ2) is 4.08. The van der Waals surface area contributed by atoms with Gasteiger partial charge in [-0.05, 0) is 59.7 Å². The Hall–Kier alpha value is -2.33. The third kappa shape index (κ3) is 1.62. The molecule has 2 aromatic heterocycles. The van der Waals surface area contributed by atoms with Gasteiger partial charge < -0.3 is 5.73 Å². The SMILES string of the molecule is Cc1ccc2nc(N)n(-c3ccc4sccc4c3)c2c1. The van der Waals surface area contributed by atoms with E-state index in [-0.39, 0.29) is 0 Å². The van der Waals surface area contributed by atoms with Crippen molar-refractivity contribution >= 4 is 38.4 Å². The van der Waals surface area contributed by atoms with Gasteiger partial charge in [-0.2, -0.15) is 0 Å². The number of fused-ring (bicyclic) bond motifs is 2. The van der Waals surface area contributed by atoms with E-state index in [9.17, 15) is 0 Å². The molecule has 4 heteroatoms. The molecule has 20 heavy (non-hydrogen) atoms.